The number of fused-ring (bicyclic) bond motifs is 3. The van der Waals surface area contributed by atoms with Crippen LogP contribution in [0.4, 0.5) is 0 Å². The molecule has 5 heterocycles. The summed E-state index contributed by atoms with van der Waals surface area (Å²) in [7, 11) is 7.51. The lowest BCUT2D eigenvalue weighted by Crippen LogP contribution is -2.34. The summed E-state index contributed by atoms with van der Waals surface area (Å²) in [6.45, 7) is 1.91. The van der Waals surface area contributed by atoms with Gasteiger partial charge in [-0.25, -0.2) is 0 Å². The van der Waals surface area contributed by atoms with E-state index in [0.717, 1.165) is 54.8 Å². The van der Waals surface area contributed by atoms with Crippen LogP contribution in [0, 0.1) is 0 Å². The number of rotatable bonds is 2. The summed E-state index contributed by atoms with van der Waals surface area (Å²) < 4.78 is 36.6. The van der Waals surface area contributed by atoms with Crippen molar-refractivity contribution in [1.29, 1.82) is 0 Å². The Labute approximate surface area is 268 Å². The zero-order chi connectivity index (χ0) is 31.5. The molecule has 46 heavy (non-hydrogen) atoms. The molecule has 5 aliphatic heterocycles. The van der Waals surface area contributed by atoms with Crippen molar-refractivity contribution >= 4 is 0 Å². The Balaban J connectivity index is 1.35. The van der Waals surface area contributed by atoms with Gasteiger partial charge in [-0.05, 0) is 110 Å². The lowest BCUT2D eigenvalue weighted by molar-refractivity contribution is 0.171. The number of likely N-dealkylation sites (N-methyl/N-ethyl adjacent to an activating group) is 2. The molecule has 9 heteroatoms. The summed E-state index contributed by atoms with van der Waals surface area (Å²) in [4.78, 5) is 4.70. The monoisotopic (exact) mass is 622 g/mol. The molecule has 0 saturated carbocycles. The summed E-state index contributed by atoms with van der Waals surface area (Å²) in [5, 5.41) is 11.7. The van der Waals surface area contributed by atoms with Crippen molar-refractivity contribution in [3.05, 3.63) is 88.0 Å². The SMILES string of the molecule is COc1cc2c3cc1Oc1c(O)c(OC)cc4c1[C@H](Cc1cc5c(c(c1)Oc1ccc(cc1)C[C@@H]3N(C)CC2)OCO5)N(C)CC4. The molecule has 2 atom stereocenters. The van der Waals surface area contributed by atoms with E-state index >= 15 is 0 Å². The van der Waals surface area contributed by atoms with E-state index < -0.39 is 0 Å². The van der Waals surface area contributed by atoms with Crippen LogP contribution >= 0.6 is 0 Å². The van der Waals surface area contributed by atoms with Crippen LogP contribution in [0.25, 0.3) is 0 Å². The number of hydrogen-bond acceptors (Lipinski definition) is 9. The third-order valence-electron chi connectivity index (χ3n) is 9.93. The van der Waals surface area contributed by atoms with E-state index in [9.17, 15) is 5.11 Å². The highest BCUT2D eigenvalue weighted by atomic mass is 16.7. The quantitative estimate of drug-likeness (QED) is 0.267. The second kappa shape index (κ2) is 11.3. The molecule has 238 valence electrons. The number of hydrogen-bond donors (Lipinski definition) is 1. The van der Waals surface area contributed by atoms with Gasteiger partial charge < -0.3 is 33.5 Å². The van der Waals surface area contributed by atoms with Crippen molar-refractivity contribution in [1.82, 2.24) is 9.80 Å². The average molecular weight is 623 g/mol. The molecule has 4 aromatic carbocycles. The first-order valence-corrected chi connectivity index (χ1v) is 15.8. The lowest BCUT2D eigenvalue weighted by atomic mass is 9.87. The molecule has 0 spiro atoms. The fourth-order valence-corrected chi connectivity index (χ4v) is 7.39. The maximum atomic E-state index is 11.7. The van der Waals surface area contributed by atoms with Crippen LogP contribution in [0.3, 0.4) is 0 Å². The number of ether oxygens (including phenoxy) is 6. The molecule has 0 saturated heterocycles. The second-order valence-electron chi connectivity index (χ2n) is 12.6. The van der Waals surface area contributed by atoms with E-state index in [0.29, 0.717) is 46.7 Å². The van der Waals surface area contributed by atoms with Gasteiger partial charge in [-0.15, -0.1) is 0 Å². The van der Waals surface area contributed by atoms with Gasteiger partial charge in [-0.1, -0.05) is 12.1 Å². The van der Waals surface area contributed by atoms with E-state index in [1.807, 2.05) is 30.3 Å². The van der Waals surface area contributed by atoms with Gasteiger partial charge in [0, 0.05) is 30.7 Å². The van der Waals surface area contributed by atoms with Gasteiger partial charge in [0.25, 0.3) is 0 Å². The number of methoxy groups -OCH3 is 2. The van der Waals surface area contributed by atoms with Crippen molar-refractivity contribution in [3.8, 4) is 51.7 Å². The van der Waals surface area contributed by atoms with Crippen molar-refractivity contribution in [2.24, 2.45) is 0 Å². The summed E-state index contributed by atoms with van der Waals surface area (Å²) in [6.07, 6.45) is 3.12. The Morgan fingerprint density at radius 1 is 0.696 bits per heavy atom. The van der Waals surface area contributed by atoms with Crippen LogP contribution in [0.15, 0.2) is 54.6 Å². The third-order valence-corrected chi connectivity index (χ3v) is 9.93. The lowest BCUT2D eigenvalue weighted by Gasteiger charge is -2.37. The Hall–Kier alpha value is -4.60. The van der Waals surface area contributed by atoms with Crippen molar-refractivity contribution < 1.29 is 33.5 Å². The first kappa shape index (κ1) is 28.8. The van der Waals surface area contributed by atoms with E-state index in [-0.39, 0.29) is 24.6 Å². The second-order valence-corrected chi connectivity index (χ2v) is 12.6. The summed E-state index contributed by atoms with van der Waals surface area (Å²) in [5.41, 5.74) is 6.65. The van der Waals surface area contributed by atoms with Crippen LogP contribution < -0.4 is 28.4 Å². The maximum absolute atomic E-state index is 11.7. The van der Waals surface area contributed by atoms with E-state index in [1.165, 1.54) is 16.7 Å². The normalized spacial score (nSPS) is 20.2. The molecule has 0 radical (unpaired) electrons. The van der Waals surface area contributed by atoms with Gasteiger partial charge in [0.2, 0.25) is 18.3 Å². The summed E-state index contributed by atoms with van der Waals surface area (Å²) in [5.74, 6) is 4.55. The molecule has 9 nitrogen and oxygen atoms in total. The van der Waals surface area contributed by atoms with Gasteiger partial charge in [0.05, 0.1) is 14.2 Å². The molecule has 0 amide bonds. The smallest absolute Gasteiger partial charge is 0.231 e. The molecule has 4 aromatic rings. The Morgan fingerprint density at radius 2 is 1.39 bits per heavy atom. The summed E-state index contributed by atoms with van der Waals surface area (Å²) in [6, 6.07) is 18.5. The van der Waals surface area contributed by atoms with E-state index in [4.69, 9.17) is 28.4 Å². The standard InChI is InChI=1S/C37H38N2O7/c1-38-11-9-23-17-29(41-3)30-19-26(23)27(38)13-21-5-7-25(8-6-21)45-33-16-22(15-32-36(33)44-20-43-32)14-28-34-24(10-12-39(28)2)18-31(42-4)35(40)37(34)46-30/h5-8,15-19,27-28,40H,9-14,20H2,1-4H3/t27-,28-/m0/s1. The Morgan fingerprint density at radius 3 is 2.17 bits per heavy atom. The fourth-order valence-electron chi connectivity index (χ4n) is 7.39. The molecule has 0 unspecified atom stereocenters. The Bertz CT molecular complexity index is 1820. The van der Waals surface area contributed by atoms with Gasteiger partial charge in [0.1, 0.15) is 5.75 Å². The van der Waals surface area contributed by atoms with Crippen molar-refractivity contribution in [2.45, 2.75) is 37.8 Å². The van der Waals surface area contributed by atoms with Crippen LogP contribution in [0.5, 0.6) is 51.7 Å². The minimum Gasteiger partial charge on any atom is -0.502 e. The number of benzene rings is 4. The fraction of sp³-hybridized carbons (Fsp3) is 0.351. The molecule has 9 rings (SSSR count). The Kier molecular flexibility index (Phi) is 7.10. The van der Waals surface area contributed by atoms with Crippen LogP contribution in [0.1, 0.15) is 45.5 Å². The first-order valence-electron chi connectivity index (χ1n) is 15.8. The van der Waals surface area contributed by atoms with Gasteiger partial charge in [-0.2, -0.15) is 0 Å². The van der Waals surface area contributed by atoms with Crippen LogP contribution in [-0.2, 0) is 25.7 Å². The van der Waals surface area contributed by atoms with E-state index in [1.54, 1.807) is 14.2 Å². The van der Waals surface area contributed by atoms with Gasteiger partial charge in [0.15, 0.2) is 34.5 Å². The number of phenolic OH excluding ortho intramolecular Hbond substituents is 1. The summed E-state index contributed by atoms with van der Waals surface area (Å²) >= 11 is 0. The van der Waals surface area contributed by atoms with Crippen molar-refractivity contribution in [2.75, 3.05) is 48.2 Å². The van der Waals surface area contributed by atoms with Gasteiger partial charge >= 0.3 is 0 Å². The van der Waals surface area contributed by atoms with Gasteiger partial charge in [-0.3, -0.25) is 9.80 Å². The molecule has 0 aliphatic carbocycles. The minimum absolute atomic E-state index is 0.0290. The highest BCUT2D eigenvalue weighted by Gasteiger charge is 2.35. The zero-order valence-electron chi connectivity index (χ0n) is 26.6. The number of phenols is 1. The predicted molar refractivity (Wildman–Crippen MR) is 172 cm³/mol. The van der Waals surface area contributed by atoms with Crippen LogP contribution in [0.2, 0.25) is 0 Å². The average Bonchev–Trinajstić information content (AvgIpc) is 3.54. The first-order chi connectivity index (χ1) is 22.4. The molecule has 1 N–H and O–H groups in total. The zero-order valence-corrected chi connectivity index (χ0v) is 26.6. The molecule has 6 bridgehead atoms. The van der Waals surface area contributed by atoms with Crippen molar-refractivity contribution in [3.63, 3.8) is 0 Å². The van der Waals surface area contributed by atoms with E-state index in [2.05, 4.69) is 48.2 Å². The topological polar surface area (TPSA) is 82.1 Å². The highest BCUT2D eigenvalue weighted by Crippen LogP contribution is 2.52. The van der Waals surface area contributed by atoms with Crippen LogP contribution in [-0.4, -0.2) is 63.1 Å². The molecule has 0 fully saturated rings. The minimum atomic E-state index is -0.121. The largest absolute Gasteiger partial charge is 0.502 e. The molecule has 5 aliphatic rings. The molecule has 0 aromatic heterocycles. The third kappa shape index (κ3) is 4.85. The highest BCUT2D eigenvalue weighted by molar-refractivity contribution is 5.63. The predicted octanol–water partition coefficient (Wildman–Crippen LogP) is 6.58. The molecular formula is C37H38N2O7. The number of aromatic hydroxyl groups is 1. The molecular weight excluding hydrogens is 584 g/mol. The number of nitrogens with zero attached hydrogens (tertiary/aromatic N) is 2. The maximum Gasteiger partial charge on any atom is 0.231 e.